The van der Waals surface area contributed by atoms with Gasteiger partial charge < -0.3 is 20.1 Å². The zero-order chi connectivity index (χ0) is 23.0. The summed E-state index contributed by atoms with van der Waals surface area (Å²) in [6.45, 7) is 4.56. The first-order valence-electron chi connectivity index (χ1n) is 9.97. The number of anilines is 2. The van der Waals surface area contributed by atoms with Gasteiger partial charge in [0.25, 0.3) is 5.56 Å². The third kappa shape index (κ3) is 6.63. The fourth-order valence-corrected chi connectivity index (χ4v) is 3.83. The van der Waals surface area contributed by atoms with Crippen molar-refractivity contribution in [2.24, 2.45) is 5.92 Å². The normalized spacial score (nSPS) is 11.0. The molecule has 0 spiro atoms. The van der Waals surface area contributed by atoms with Crippen LogP contribution in [0.4, 0.5) is 11.5 Å². The van der Waals surface area contributed by atoms with Crippen molar-refractivity contribution in [3.63, 3.8) is 0 Å². The van der Waals surface area contributed by atoms with Crippen LogP contribution < -0.4 is 26.6 Å². The highest BCUT2D eigenvalue weighted by molar-refractivity contribution is 7.99. The van der Waals surface area contributed by atoms with E-state index in [2.05, 4.69) is 4.98 Å². The van der Waals surface area contributed by atoms with Crippen LogP contribution in [0.5, 0.6) is 5.75 Å². The van der Waals surface area contributed by atoms with E-state index in [1.165, 1.54) is 28.3 Å². The minimum Gasteiger partial charge on any atom is -0.497 e. The van der Waals surface area contributed by atoms with Gasteiger partial charge in [-0.3, -0.25) is 19.1 Å². The Kier molecular flexibility index (Phi) is 9.20. The summed E-state index contributed by atoms with van der Waals surface area (Å²) in [6.07, 6.45) is 0.183. The lowest BCUT2D eigenvalue weighted by atomic mass is 10.2. The highest BCUT2D eigenvalue weighted by Gasteiger charge is 2.24. The van der Waals surface area contributed by atoms with E-state index in [0.717, 1.165) is 10.6 Å². The molecule has 1 heterocycles. The molecular formula is C21H30N4O5S. The van der Waals surface area contributed by atoms with E-state index in [1.54, 1.807) is 7.11 Å². The Morgan fingerprint density at radius 2 is 1.90 bits per heavy atom. The number of nitrogens with zero attached hydrogens (tertiary/aromatic N) is 2. The van der Waals surface area contributed by atoms with E-state index < -0.39 is 11.2 Å². The number of ether oxygens (including phenoxy) is 2. The molecule has 1 amide bonds. The zero-order valence-electron chi connectivity index (χ0n) is 18.3. The predicted molar refractivity (Wildman–Crippen MR) is 123 cm³/mol. The molecule has 0 aliphatic carbocycles. The summed E-state index contributed by atoms with van der Waals surface area (Å²) in [4.78, 5) is 42.4. The number of carbonyl (C=O) groups is 1. The van der Waals surface area contributed by atoms with Crippen molar-refractivity contribution in [3.8, 4) is 5.75 Å². The Labute approximate surface area is 185 Å². The van der Waals surface area contributed by atoms with Gasteiger partial charge in [-0.15, -0.1) is 11.8 Å². The predicted octanol–water partition coefficient (Wildman–Crippen LogP) is 1.95. The van der Waals surface area contributed by atoms with Gasteiger partial charge in [0.05, 0.1) is 13.7 Å². The number of nitrogen functional groups attached to an aromatic ring is 1. The second kappa shape index (κ2) is 11.6. The minimum absolute atomic E-state index is 0.0169. The Morgan fingerprint density at radius 1 is 1.23 bits per heavy atom. The maximum Gasteiger partial charge on any atom is 0.330 e. The largest absolute Gasteiger partial charge is 0.497 e. The number of hydrogen-bond donors (Lipinski definition) is 2. The van der Waals surface area contributed by atoms with E-state index >= 15 is 0 Å². The molecule has 3 N–H and O–H groups in total. The van der Waals surface area contributed by atoms with Gasteiger partial charge in [0.1, 0.15) is 11.6 Å². The SMILES string of the molecule is COCCN(C(=O)CCSc1ccc(OC)cc1)c1c(N)n(CC(C)C)c(=O)[nH]c1=O. The molecule has 0 aliphatic rings. The molecule has 0 fully saturated rings. The van der Waals surface area contributed by atoms with Gasteiger partial charge in [0.15, 0.2) is 5.69 Å². The van der Waals surface area contributed by atoms with E-state index in [1.807, 2.05) is 38.1 Å². The van der Waals surface area contributed by atoms with Gasteiger partial charge in [0.2, 0.25) is 5.91 Å². The standard InChI is InChI=1S/C21H30N4O5S/c1-14(2)13-25-19(22)18(20(27)23-21(25)28)24(10-11-29-3)17(26)9-12-31-16-7-5-15(30-4)6-8-16/h5-8,14H,9-13,22H2,1-4H3,(H,23,27,28). The fraction of sp³-hybridized carbons (Fsp3) is 0.476. The quantitative estimate of drug-likeness (QED) is 0.502. The van der Waals surface area contributed by atoms with Crippen LogP contribution in [-0.2, 0) is 16.1 Å². The van der Waals surface area contributed by atoms with Crippen LogP contribution in [-0.4, -0.2) is 48.6 Å². The monoisotopic (exact) mass is 450 g/mol. The number of aromatic amines is 1. The zero-order valence-corrected chi connectivity index (χ0v) is 19.2. The molecule has 0 radical (unpaired) electrons. The molecule has 0 atom stereocenters. The molecule has 0 bridgehead atoms. The van der Waals surface area contributed by atoms with E-state index in [0.29, 0.717) is 12.3 Å². The number of H-pyrrole nitrogens is 1. The van der Waals surface area contributed by atoms with Gasteiger partial charge in [-0.05, 0) is 30.2 Å². The summed E-state index contributed by atoms with van der Waals surface area (Å²) in [5.41, 5.74) is 4.89. The van der Waals surface area contributed by atoms with Crippen molar-refractivity contribution in [2.45, 2.75) is 31.7 Å². The molecular weight excluding hydrogens is 420 g/mol. The number of amides is 1. The molecule has 0 saturated heterocycles. The average Bonchev–Trinajstić information content (AvgIpc) is 2.73. The van der Waals surface area contributed by atoms with Crippen LogP contribution >= 0.6 is 11.8 Å². The first-order chi connectivity index (χ1) is 14.8. The fourth-order valence-electron chi connectivity index (χ4n) is 2.99. The van der Waals surface area contributed by atoms with Crippen molar-refractivity contribution < 1.29 is 14.3 Å². The molecule has 31 heavy (non-hydrogen) atoms. The van der Waals surface area contributed by atoms with Gasteiger partial charge in [0, 0.05) is 37.3 Å². The van der Waals surface area contributed by atoms with Gasteiger partial charge in [-0.25, -0.2) is 4.79 Å². The Morgan fingerprint density at radius 3 is 2.48 bits per heavy atom. The minimum atomic E-state index is -0.685. The number of methoxy groups -OCH3 is 2. The van der Waals surface area contributed by atoms with Gasteiger partial charge in [-0.1, -0.05) is 13.8 Å². The second-order valence-corrected chi connectivity index (χ2v) is 8.48. The molecule has 0 aliphatic heterocycles. The molecule has 1 aromatic carbocycles. The highest BCUT2D eigenvalue weighted by atomic mass is 32.2. The van der Waals surface area contributed by atoms with Crippen LogP contribution in [0.3, 0.4) is 0 Å². The summed E-state index contributed by atoms with van der Waals surface area (Å²) < 4.78 is 11.5. The third-order valence-electron chi connectivity index (χ3n) is 4.50. The van der Waals surface area contributed by atoms with Crippen LogP contribution in [0.25, 0.3) is 0 Å². The van der Waals surface area contributed by atoms with Crippen LogP contribution in [0.15, 0.2) is 38.8 Å². The average molecular weight is 451 g/mol. The summed E-state index contributed by atoms with van der Waals surface area (Å²) >= 11 is 1.52. The lowest BCUT2D eigenvalue weighted by molar-refractivity contribution is -0.118. The maximum absolute atomic E-state index is 13.0. The third-order valence-corrected chi connectivity index (χ3v) is 5.51. The van der Waals surface area contributed by atoms with E-state index in [9.17, 15) is 14.4 Å². The Hall–Kier alpha value is -2.72. The van der Waals surface area contributed by atoms with E-state index in [4.69, 9.17) is 15.2 Å². The number of thioether (sulfide) groups is 1. The first-order valence-corrected chi connectivity index (χ1v) is 11.0. The van der Waals surface area contributed by atoms with Crippen molar-refractivity contribution in [3.05, 3.63) is 45.1 Å². The number of nitrogens with two attached hydrogens (primary N) is 1. The first kappa shape index (κ1) is 24.5. The van der Waals surface area contributed by atoms with Crippen molar-refractivity contribution >= 4 is 29.2 Å². The molecule has 170 valence electrons. The van der Waals surface area contributed by atoms with Gasteiger partial charge in [-0.2, -0.15) is 0 Å². The summed E-state index contributed by atoms with van der Waals surface area (Å²) in [5, 5.41) is 0. The molecule has 1 aromatic heterocycles. The molecule has 2 aromatic rings. The molecule has 9 nitrogen and oxygen atoms in total. The molecule has 10 heteroatoms. The molecule has 2 rings (SSSR count). The molecule has 0 unspecified atom stereocenters. The van der Waals surface area contributed by atoms with Crippen LogP contribution in [0, 0.1) is 5.92 Å². The van der Waals surface area contributed by atoms with E-state index in [-0.39, 0.29) is 42.9 Å². The number of nitrogens with one attached hydrogen (secondary N) is 1. The lowest BCUT2D eigenvalue weighted by Gasteiger charge is -2.24. The van der Waals surface area contributed by atoms with Crippen LogP contribution in [0.1, 0.15) is 20.3 Å². The second-order valence-electron chi connectivity index (χ2n) is 7.31. The van der Waals surface area contributed by atoms with Gasteiger partial charge >= 0.3 is 5.69 Å². The summed E-state index contributed by atoms with van der Waals surface area (Å²) in [6, 6.07) is 7.54. The van der Waals surface area contributed by atoms with Crippen molar-refractivity contribution in [1.82, 2.24) is 9.55 Å². The number of aromatic nitrogens is 2. The highest BCUT2D eigenvalue weighted by Crippen LogP contribution is 2.23. The van der Waals surface area contributed by atoms with Crippen molar-refractivity contribution in [2.75, 3.05) is 43.8 Å². The smallest absolute Gasteiger partial charge is 0.330 e. The molecule has 0 saturated carbocycles. The maximum atomic E-state index is 13.0. The summed E-state index contributed by atoms with van der Waals surface area (Å²) in [7, 11) is 3.11. The Bertz CT molecular complexity index is 985. The van der Waals surface area contributed by atoms with Crippen molar-refractivity contribution in [1.29, 1.82) is 0 Å². The number of rotatable bonds is 11. The van der Waals surface area contributed by atoms with Crippen LogP contribution in [0.2, 0.25) is 0 Å². The lowest BCUT2D eigenvalue weighted by Crippen LogP contribution is -2.43. The topological polar surface area (TPSA) is 120 Å². The number of carbonyl (C=O) groups excluding carboxylic acids is 1. The number of hydrogen-bond acceptors (Lipinski definition) is 7. The summed E-state index contributed by atoms with van der Waals surface area (Å²) in [5.74, 6) is 1.11. The Balaban J connectivity index is 2.22. The number of benzene rings is 1.